The molecule has 18 nitrogen and oxygen atoms in total. The fourth-order valence-electron chi connectivity index (χ4n) is 7.50. The third kappa shape index (κ3) is 9.52. The van der Waals surface area contributed by atoms with E-state index in [1.807, 2.05) is 55.2 Å². The number of fused-ring (bicyclic) bond motifs is 2. The van der Waals surface area contributed by atoms with E-state index in [4.69, 9.17) is 26.2 Å². The average Bonchev–Trinajstić information content (AvgIpc) is 4.03. The van der Waals surface area contributed by atoms with E-state index in [0.29, 0.717) is 74.9 Å². The van der Waals surface area contributed by atoms with Crippen LogP contribution in [-0.4, -0.2) is 108 Å². The summed E-state index contributed by atoms with van der Waals surface area (Å²) in [6.07, 6.45) is 7.05. The second-order valence-corrected chi connectivity index (χ2v) is 16.8. The van der Waals surface area contributed by atoms with Gasteiger partial charge in [0.05, 0.1) is 39.6 Å². The van der Waals surface area contributed by atoms with Gasteiger partial charge in [-0.25, -0.2) is 15.0 Å². The van der Waals surface area contributed by atoms with Crippen molar-refractivity contribution < 1.29 is 23.9 Å². The minimum absolute atomic E-state index is 0.209. The number of hydrogen-bond acceptors (Lipinski definition) is 13. The summed E-state index contributed by atoms with van der Waals surface area (Å²) < 4.78 is 11.7. The Morgan fingerprint density at radius 2 is 1.50 bits per heavy atom. The molecule has 0 saturated carbocycles. The molecule has 1 saturated heterocycles. The minimum atomic E-state index is -0.640. The average molecular weight is 882 g/mol. The lowest BCUT2D eigenvalue weighted by Crippen LogP contribution is -2.43. The Morgan fingerprint density at radius 1 is 0.871 bits per heavy atom. The molecule has 62 heavy (non-hydrogen) atoms. The van der Waals surface area contributed by atoms with Gasteiger partial charge in [-0.3, -0.25) is 34.5 Å². The van der Waals surface area contributed by atoms with Crippen molar-refractivity contribution in [3.05, 3.63) is 80.6 Å². The Bertz CT molecular complexity index is 2690. The number of aromatic nitrogens is 7. The minimum Gasteiger partial charge on any atom is -0.491 e. The number of thioether (sulfide) groups is 1. The highest BCUT2D eigenvalue weighted by Crippen LogP contribution is 2.33. The van der Waals surface area contributed by atoms with Crippen LogP contribution in [0.2, 0.25) is 0 Å². The summed E-state index contributed by atoms with van der Waals surface area (Å²) in [5.41, 5.74) is 15.9. The van der Waals surface area contributed by atoms with E-state index < -0.39 is 17.7 Å². The topological polar surface area (TPSA) is 235 Å². The van der Waals surface area contributed by atoms with E-state index >= 15 is 0 Å². The maximum atomic E-state index is 13.8. The molecule has 5 heterocycles. The van der Waals surface area contributed by atoms with E-state index in [2.05, 4.69) is 30.9 Å². The van der Waals surface area contributed by atoms with Gasteiger partial charge in [0, 0.05) is 68.4 Å². The number of carbonyl (C=O) groups is 4. The van der Waals surface area contributed by atoms with Gasteiger partial charge in [0.15, 0.2) is 0 Å². The molecule has 0 aliphatic carbocycles. The fourth-order valence-corrected chi connectivity index (χ4v) is 9.06. The Labute approximate surface area is 366 Å². The van der Waals surface area contributed by atoms with E-state index in [1.54, 1.807) is 35.0 Å². The lowest BCUT2D eigenvalue weighted by atomic mass is 10.1. The third-order valence-electron chi connectivity index (χ3n) is 10.5. The number of imidazole rings is 2. The number of hydrogen-bond donors (Lipinski definition) is 5. The largest absolute Gasteiger partial charge is 0.491 e. The number of allylic oxidation sites excluding steroid dienone is 2. The number of rotatable bonds is 18. The smallest absolute Gasteiger partial charge is 0.276 e. The quantitative estimate of drug-likeness (QED) is 0.0453. The Morgan fingerprint density at radius 3 is 2.13 bits per heavy atom. The molecule has 1 fully saturated rings. The monoisotopic (exact) mass is 881 g/mol. The maximum absolute atomic E-state index is 13.8. The van der Waals surface area contributed by atoms with Crippen molar-refractivity contribution in [1.29, 1.82) is 0 Å². The van der Waals surface area contributed by atoms with Crippen LogP contribution in [0.5, 0.6) is 5.75 Å². The number of carbonyl (C=O) groups excluding carboxylic acids is 4. The molecular weight excluding hydrogens is 831 g/mol. The van der Waals surface area contributed by atoms with Gasteiger partial charge in [0.1, 0.15) is 21.8 Å². The first-order valence-corrected chi connectivity index (χ1v) is 22.5. The second kappa shape index (κ2) is 19.3. The molecule has 7 rings (SSSR count). The van der Waals surface area contributed by atoms with E-state index in [9.17, 15) is 19.2 Å². The summed E-state index contributed by atoms with van der Waals surface area (Å²) in [7, 11) is 0. The van der Waals surface area contributed by atoms with Crippen molar-refractivity contribution in [3.63, 3.8) is 0 Å². The van der Waals surface area contributed by atoms with Crippen LogP contribution in [0.3, 0.4) is 0 Å². The number of benzene rings is 2. The van der Waals surface area contributed by atoms with Gasteiger partial charge in [-0.2, -0.15) is 5.10 Å². The van der Waals surface area contributed by atoms with Crippen molar-refractivity contribution in [2.45, 2.75) is 65.1 Å². The first kappa shape index (κ1) is 44.0. The lowest BCUT2D eigenvalue weighted by Gasteiger charge is -2.27. The molecule has 20 heteroatoms. The Kier molecular flexibility index (Phi) is 13.7. The van der Waals surface area contributed by atoms with E-state index in [-0.39, 0.29) is 36.5 Å². The highest BCUT2D eigenvalue weighted by molar-refractivity contribution is 7.98. The number of nitrogens with zero attached hydrogens (tertiary/aromatic N) is 8. The molecule has 1 aliphatic rings. The molecular formula is C42H51N13O5S2. The van der Waals surface area contributed by atoms with E-state index in [0.717, 1.165) is 49.0 Å². The molecule has 2 aromatic carbocycles. The summed E-state index contributed by atoms with van der Waals surface area (Å²) in [5.74, 6) is -1.08. The van der Waals surface area contributed by atoms with Gasteiger partial charge in [-0.1, -0.05) is 19.1 Å². The molecule has 0 spiro atoms. The first-order chi connectivity index (χ1) is 29.9. The number of primary amides is 2. The molecule has 6 aromatic rings. The molecule has 0 bridgehead atoms. The van der Waals surface area contributed by atoms with Crippen LogP contribution in [0, 0.1) is 13.8 Å². The van der Waals surface area contributed by atoms with Crippen LogP contribution in [0.1, 0.15) is 77.5 Å². The normalized spacial score (nSPS) is 13.4. The predicted octanol–water partition coefficient (Wildman–Crippen LogP) is 4.59. The summed E-state index contributed by atoms with van der Waals surface area (Å²) >= 11 is 2.74. The second-order valence-electron chi connectivity index (χ2n) is 14.7. The number of anilines is 2. The standard InChI is InChI=1S/C42H51N13O5S2/c1-6-28-36(62-25(4)46-28)40(59)50-42-48-30-21-27(38(44)57)23-33(61-5)35(30)54(42)15-9-8-14-53-34-29(47-41(53)49-39(58)31-19-24(3)51-55(31)7-2)20-26(37(43)56)22-32(34)60-18-10-13-52-16-11-45-12-17-52/h8-9,19-23,45H,6-7,10-18H2,1-5H3,(H2,43,56)(H2,44,57)(H,47,49,58)(H,48,50,59). The molecule has 0 unspecified atom stereocenters. The fraction of sp³-hybridized carbons (Fsp3) is 0.381. The number of nitrogens with one attached hydrogen (secondary N) is 3. The van der Waals surface area contributed by atoms with Crippen LogP contribution in [0.15, 0.2) is 47.4 Å². The summed E-state index contributed by atoms with van der Waals surface area (Å²) in [6.45, 7) is 13.5. The Balaban J connectivity index is 1.25. The number of ether oxygens (including phenoxy) is 1. The molecule has 326 valence electrons. The number of nitrogens with two attached hydrogens (primary N) is 2. The third-order valence-corrected chi connectivity index (χ3v) is 12.2. The molecule has 4 amide bonds. The maximum Gasteiger partial charge on any atom is 0.276 e. The summed E-state index contributed by atoms with van der Waals surface area (Å²) in [4.78, 5) is 70.1. The molecule has 4 aromatic heterocycles. The summed E-state index contributed by atoms with van der Waals surface area (Å²) in [5, 5.41) is 14.6. The number of aryl methyl sites for hydroxylation is 4. The molecule has 0 radical (unpaired) electrons. The van der Waals surface area contributed by atoms with Gasteiger partial charge in [0.25, 0.3) is 11.8 Å². The Hall–Kier alpha value is -6.09. The van der Waals surface area contributed by atoms with Gasteiger partial charge < -0.3 is 35.6 Å². The van der Waals surface area contributed by atoms with Crippen molar-refractivity contribution in [2.24, 2.45) is 11.5 Å². The van der Waals surface area contributed by atoms with Crippen LogP contribution in [-0.2, 0) is 26.1 Å². The van der Waals surface area contributed by atoms with Crippen LogP contribution in [0.4, 0.5) is 11.9 Å². The lowest BCUT2D eigenvalue weighted by molar-refractivity contribution is 0.0991. The number of amides is 4. The van der Waals surface area contributed by atoms with Gasteiger partial charge >= 0.3 is 0 Å². The molecule has 0 atom stereocenters. The van der Waals surface area contributed by atoms with Crippen LogP contribution < -0.4 is 32.2 Å². The van der Waals surface area contributed by atoms with Crippen molar-refractivity contribution >= 4 is 80.7 Å². The van der Waals surface area contributed by atoms with Crippen LogP contribution >= 0.6 is 23.1 Å². The van der Waals surface area contributed by atoms with Crippen LogP contribution in [0.25, 0.3) is 22.1 Å². The number of piperazine rings is 1. The first-order valence-electron chi connectivity index (χ1n) is 20.4. The van der Waals surface area contributed by atoms with Crippen molar-refractivity contribution in [2.75, 3.05) is 56.2 Å². The predicted molar refractivity (Wildman–Crippen MR) is 242 cm³/mol. The zero-order valence-corrected chi connectivity index (χ0v) is 37.0. The van der Waals surface area contributed by atoms with E-state index in [1.165, 1.54) is 23.1 Å². The zero-order valence-electron chi connectivity index (χ0n) is 35.4. The number of thiazole rings is 1. The van der Waals surface area contributed by atoms with Gasteiger partial charge in [-0.15, -0.1) is 23.1 Å². The summed E-state index contributed by atoms with van der Waals surface area (Å²) in [6, 6.07) is 8.25. The highest BCUT2D eigenvalue weighted by Gasteiger charge is 2.24. The molecule has 7 N–H and O–H groups in total. The van der Waals surface area contributed by atoms with Gasteiger partial charge in [0.2, 0.25) is 23.7 Å². The SMILES string of the molecule is CCc1nc(C)sc1C(=O)Nc1nc2cc(C(N)=O)cc(SC)c2n1CC=CCn1c(NC(=O)c2cc(C)nn2CC)nc2cc(C(N)=O)cc(OCCCN3CCNCC3)c21. The van der Waals surface area contributed by atoms with Crippen molar-refractivity contribution in [1.82, 2.24) is 44.1 Å². The zero-order chi connectivity index (χ0) is 44.1. The van der Waals surface area contributed by atoms with Gasteiger partial charge in [-0.05, 0) is 70.2 Å². The highest BCUT2D eigenvalue weighted by atomic mass is 32.2. The van der Waals surface area contributed by atoms with Crippen molar-refractivity contribution in [3.8, 4) is 5.75 Å². The molecule has 1 aliphatic heterocycles.